The number of carbonyl (C=O) groups excluding carboxylic acids is 3. The van der Waals surface area contributed by atoms with E-state index in [-0.39, 0.29) is 5.91 Å². The average molecular weight is 264 g/mol. The molecular formula is C13H16N2O4. The Balaban J connectivity index is 2.74. The van der Waals surface area contributed by atoms with Crippen LogP contribution in [0.1, 0.15) is 12.5 Å². The van der Waals surface area contributed by atoms with Crippen LogP contribution in [-0.2, 0) is 25.5 Å². The maximum atomic E-state index is 11.5. The van der Waals surface area contributed by atoms with Crippen LogP contribution in [-0.4, -0.2) is 31.4 Å². The third-order valence-electron chi connectivity index (χ3n) is 2.48. The fourth-order valence-corrected chi connectivity index (χ4v) is 1.62. The fraction of sp³-hybridized carbons (Fsp3) is 0.308. The van der Waals surface area contributed by atoms with Crippen molar-refractivity contribution in [3.8, 4) is 0 Å². The van der Waals surface area contributed by atoms with E-state index in [4.69, 9.17) is 0 Å². The minimum Gasteiger partial charge on any atom is -0.467 e. The highest BCUT2D eigenvalue weighted by molar-refractivity contribution is 5.83. The van der Waals surface area contributed by atoms with Crippen molar-refractivity contribution < 1.29 is 19.1 Å². The van der Waals surface area contributed by atoms with Gasteiger partial charge in [-0.25, -0.2) is 4.79 Å². The van der Waals surface area contributed by atoms with Crippen LogP contribution < -0.4 is 10.6 Å². The quantitative estimate of drug-likeness (QED) is 0.578. The van der Waals surface area contributed by atoms with E-state index in [0.29, 0.717) is 18.5 Å². The number of anilines is 1. The maximum Gasteiger partial charge on any atom is 0.328 e. The molecular weight excluding hydrogens is 248 g/mol. The van der Waals surface area contributed by atoms with Crippen LogP contribution in [0, 0.1) is 0 Å². The molecule has 0 spiro atoms. The minimum atomic E-state index is -0.715. The highest BCUT2D eigenvalue weighted by atomic mass is 16.5. The summed E-state index contributed by atoms with van der Waals surface area (Å²) in [6.07, 6.45) is 0.914. The van der Waals surface area contributed by atoms with Gasteiger partial charge in [-0.3, -0.25) is 9.59 Å². The monoisotopic (exact) mass is 264 g/mol. The highest BCUT2D eigenvalue weighted by Gasteiger charge is 2.20. The lowest BCUT2D eigenvalue weighted by Gasteiger charge is -2.15. The van der Waals surface area contributed by atoms with Gasteiger partial charge in [-0.2, -0.15) is 0 Å². The molecule has 19 heavy (non-hydrogen) atoms. The first-order chi connectivity index (χ1) is 9.06. The Kier molecular flexibility index (Phi) is 5.53. The Morgan fingerprint density at radius 3 is 2.42 bits per heavy atom. The predicted molar refractivity (Wildman–Crippen MR) is 69.5 cm³/mol. The molecule has 6 nitrogen and oxygen atoms in total. The van der Waals surface area contributed by atoms with Crippen molar-refractivity contribution in [1.29, 1.82) is 0 Å². The molecule has 1 unspecified atom stereocenters. The number of nitrogens with one attached hydrogen (secondary N) is 2. The van der Waals surface area contributed by atoms with Crippen LogP contribution in [0.2, 0.25) is 0 Å². The SMILES string of the molecule is COC(=O)C(Cc1ccc(NC=O)cc1)NC(C)=O. The zero-order valence-electron chi connectivity index (χ0n) is 10.8. The molecule has 2 amide bonds. The van der Waals surface area contributed by atoms with E-state index in [1.807, 2.05) is 0 Å². The normalized spacial score (nSPS) is 11.3. The smallest absolute Gasteiger partial charge is 0.328 e. The van der Waals surface area contributed by atoms with Gasteiger partial charge in [-0.1, -0.05) is 12.1 Å². The lowest BCUT2D eigenvalue weighted by Crippen LogP contribution is -2.41. The molecule has 102 valence electrons. The number of amides is 2. The predicted octanol–water partition coefficient (Wildman–Crippen LogP) is 0.475. The molecule has 1 aromatic carbocycles. The molecule has 0 heterocycles. The van der Waals surface area contributed by atoms with E-state index in [0.717, 1.165) is 5.56 Å². The Labute approximate surface area is 111 Å². The van der Waals surface area contributed by atoms with Gasteiger partial charge < -0.3 is 15.4 Å². The van der Waals surface area contributed by atoms with Gasteiger partial charge >= 0.3 is 5.97 Å². The molecule has 1 aromatic rings. The first-order valence-corrected chi connectivity index (χ1v) is 5.71. The van der Waals surface area contributed by atoms with Crippen LogP contribution in [0.25, 0.3) is 0 Å². The third-order valence-corrected chi connectivity index (χ3v) is 2.48. The van der Waals surface area contributed by atoms with Crippen LogP contribution in [0.5, 0.6) is 0 Å². The zero-order chi connectivity index (χ0) is 14.3. The van der Waals surface area contributed by atoms with Gasteiger partial charge in [0.15, 0.2) is 0 Å². The molecule has 0 radical (unpaired) electrons. The fourth-order valence-electron chi connectivity index (χ4n) is 1.62. The number of rotatable bonds is 6. The number of esters is 1. The summed E-state index contributed by atoms with van der Waals surface area (Å²) in [6, 6.07) is 6.25. The van der Waals surface area contributed by atoms with E-state index < -0.39 is 12.0 Å². The van der Waals surface area contributed by atoms with E-state index in [1.165, 1.54) is 14.0 Å². The topological polar surface area (TPSA) is 84.5 Å². The Morgan fingerprint density at radius 2 is 1.95 bits per heavy atom. The van der Waals surface area contributed by atoms with Crippen molar-refractivity contribution in [2.75, 3.05) is 12.4 Å². The van der Waals surface area contributed by atoms with Crippen LogP contribution in [0.4, 0.5) is 5.69 Å². The number of benzene rings is 1. The van der Waals surface area contributed by atoms with Gasteiger partial charge in [0, 0.05) is 19.0 Å². The van der Waals surface area contributed by atoms with E-state index >= 15 is 0 Å². The number of carbonyl (C=O) groups is 3. The van der Waals surface area contributed by atoms with Crippen molar-refractivity contribution in [1.82, 2.24) is 5.32 Å². The standard InChI is InChI=1S/C13H16N2O4/c1-9(17)15-12(13(18)19-2)7-10-3-5-11(6-4-10)14-8-16/h3-6,8,12H,7H2,1-2H3,(H,14,16)(H,15,17). The molecule has 6 heteroatoms. The van der Waals surface area contributed by atoms with Crippen molar-refractivity contribution in [3.05, 3.63) is 29.8 Å². The summed E-state index contributed by atoms with van der Waals surface area (Å²) in [4.78, 5) is 32.8. The van der Waals surface area contributed by atoms with Gasteiger partial charge in [0.1, 0.15) is 6.04 Å². The molecule has 0 aliphatic heterocycles. The lowest BCUT2D eigenvalue weighted by atomic mass is 10.1. The second-order valence-electron chi connectivity index (χ2n) is 3.94. The second kappa shape index (κ2) is 7.15. The molecule has 0 aliphatic carbocycles. The summed E-state index contributed by atoms with van der Waals surface area (Å²) >= 11 is 0. The molecule has 2 N–H and O–H groups in total. The summed E-state index contributed by atoms with van der Waals surface area (Å²) in [7, 11) is 1.27. The summed E-state index contributed by atoms with van der Waals surface area (Å²) in [5.74, 6) is -0.792. The van der Waals surface area contributed by atoms with Crippen LogP contribution >= 0.6 is 0 Å². The van der Waals surface area contributed by atoms with E-state index in [2.05, 4.69) is 15.4 Å². The molecule has 0 saturated carbocycles. The van der Waals surface area contributed by atoms with Gasteiger partial charge in [0.05, 0.1) is 7.11 Å². The second-order valence-corrected chi connectivity index (χ2v) is 3.94. The number of hydrogen-bond acceptors (Lipinski definition) is 4. The molecule has 0 fully saturated rings. The molecule has 0 bridgehead atoms. The Hall–Kier alpha value is -2.37. The molecule has 1 rings (SSSR count). The van der Waals surface area contributed by atoms with Crippen molar-refractivity contribution in [3.63, 3.8) is 0 Å². The molecule has 1 atom stereocenters. The van der Waals surface area contributed by atoms with Crippen molar-refractivity contribution in [2.45, 2.75) is 19.4 Å². The first-order valence-electron chi connectivity index (χ1n) is 5.71. The Bertz CT molecular complexity index is 456. The highest BCUT2D eigenvalue weighted by Crippen LogP contribution is 2.11. The average Bonchev–Trinajstić information content (AvgIpc) is 2.39. The van der Waals surface area contributed by atoms with Crippen molar-refractivity contribution >= 4 is 24.0 Å². The third kappa shape index (κ3) is 4.79. The number of hydrogen-bond donors (Lipinski definition) is 2. The molecule has 0 saturated heterocycles. The van der Waals surface area contributed by atoms with Gasteiger partial charge in [0.2, 0.25) is 12.3 Å². The molecule has 0 aliphatic rings. The minimum absolute atomic E-state index is 0.297. The Morgan fingerprint density at radius 1 is 1.32 bits per heavy atom. The maximum absolute atomic E-state index is 11.5. The van der Waals surface area contributed by atoms with E-state index in [9.17, 15) is 14.4 Å². The van der Waals surface area contributed by atoms with Gasteiger partial charge in [-0.05, 0) is 17.7 Å². The number of ether oxygens (including phenoxy) is 1. The summed E-state index contributed by atoms with van der Waals surface area (Å²) in [6.45, 7) is 1.34. The van der Waals surface area contributed by atoms with Gasteiger partial charge in [0.25, 0.3) is 0 Å². The lowest BCUT2D eigenvalue weighted by molar-refractivity contribution is -0.144. The summed E-state index contributed by atoms with van der Waals surface area (Å²) < 4.78 is 4.64. The molecule has 0 aromatic heterocycles. The van der Waals surface area contributed by atoms with Crippen molar-refractivity contribution in [2.24, 2.45) is 0 Å². The number of methoxy groups -OCH3 is 1. The zero-order valence-corrected chi connectivity index (χ0v) is 10.8. The first kappa shape index (κ1) is 14.7. The largest absolute Gasteiger partial charge is 0.467 e. The summed E-state index contributed by atoms with van der Waals surface area (Å²) in [5.41, 5.74) is 1.51. The van der Waals surface area contributed by atoms with E-state index in [1.54, 1.807) is 24.3 Å². The van der Waals surface area contributed by atoms with Crippen LogP contribution in [0.3, 0.4) is 0 Å². The van der Waals surface area contributed by atoms with Gasteiger partial charge in [-0.15, -0.1) is 0 Å². The van der Waals surface area contributed by atoms with Crippen LogP contribution in [0.15, 0.2) is 24.3 Å². The summed E-state index contributed by atoms with van der Waals surface area (Å²) in [5, 5.41) is 5.05.